The van der Waals surface area contributed by atoms with E-state index in [1.54, 1.807) is 7.11 Å². The molecule has 1 atom stereocenters. The van der Waals surface area contributed by atoms with Crippen LogP contribution < -0.4 is 0 Å². The van der Waals surface area contributed by atoms with E-state index in [1.807, 2.05) is 17.5 Å². The molecule has 108 valence electrons. The van der Waals surface area contributed by atoms with E-state index in [2.05, 4.69) is 39.7 Å². The van der Waals surface area contributed by atoms with Crippen LogP contribution in [0.15, 0.2) is 24.5 Å². The van der Waals surface area contributed by atoms with Crippen LogP contribution in [0.25, 0.3) is 0 Å². The number of ether oxygens (including phenoxy) is 1. The molecule has 2 aromatic heterocycles. The topological polar surface area (TPSA) is 30.3 Å². The molecule has 0 bridgehead atoms. The van der Waals surface area contributed by atoms with Gasteiger partial charge in [-0.05, 0) is 19.1 Å². The maximum absolute atomic E-state index is 5.37. The highest BCUT2D eigenvalue weighted by Gasteiger charge is 2.22. The first-order valence-corrected chi connectivity index (χ1v) is 7.83. The Labute approximate surface area is 124 Å². The highest BCUT2D eigenvalue weighted by molar-refractivity contribution is 7.11. The average molecular weight is 291 g/mol. The van der Waals surface area contributed by atoms with Crippen molar-refractivity contribution in [2.24, 2.45) is 5.92 Å². The van der Waals surface area contributed by atoms with Gasteiger partial charge in [0, 0.05) is 54.8 Å². The molecule has 4 nitrogen and oxygen atoms in total. The molecular weight excluding hydrogens is 270 g/mol. The number of fused-ring (bicyclic) bond motifs is 1. The highest BCUT2D eigenvalue weighted by Crippen LogP contribution is 2.21. The van der Waals surface area contributed by atoms with Crippen LogP contribution in [0.2, 0.25) is 0 Å². The monoisotopic (exact) mass is 291 g/mol. The lowest BCUT2D eigenvalue weighted by Gasteiger charge is -2.22. The van der Waals surface area contributed by atoms with Crippen molar-refractivity contribution in [2.45, 2.75) is 26.6 Å². The Balaban J connectivity index is 1.76. The SMILES string of the molecule is COCC1CN(Cc2ccc(C)s2)Cc2nccn2C1. The third-order valence-electron chi connectivity index (χ3n) is 3.72. The normalized spacial score (nSPS) is 19.8. The van der Waals surface area contributed by atoms with Crippen LogP contribution in [-0.2, 0) is 24.4 Å². The Morgan fingerprint density at radius 2 is 2.30 bits per heavy atom. The Morgan fingerprint density at radius 1 is 1.40 bits per heavy atom. The van der Waals surface area contributed by atoms with Gasteiger partial charge in [0.2, 0.25) is 0 Å². The van der Waals surface area contributed by atoms with Crippen molar-refractivity contribution in [1.29, 1.82) is 0 Å². The van der Waals surface area contributed by atoms with Gasteiger partial charge in [-0.15, -0.1) is 11.3 Å². The first kappa shape index (κ1) is 13.8. The number of methoxy groups -OCH3 is 1. The zero-order chi connectivity index (χ0) is 13.9. The molecule has 5 heteroatoms. The van der Waals surface area contributed by atoms with Gasteiger partial charge in [0.15, 0.2) is 0 Å². The Morgan fingerprint density at radius 3 is 3.05 bits per heavy atom. The molecule has 0 N–H and O–H groups in total. The third kappa shape index (κ3) is 3.11. The van der Waals surface area contributed by atoms with E-state index in [-0.39, 0.29) is 0 Å². The number of thiophene rings is 1. The predicted octanol–water partition coefficient (Wildman–Crippen LogP) is 2.53. The van der Waals surface area contributed by atoms with E-state index in [4.69, 9.17) is 4.74 Å². The zero-order valence-electron chi connectivity index (χ0n) is 12.1. The van der Waals surface area contributed by atoms with Gasteiger partial charge in [-0.1, -0.05) is 0 Å². The molecule has 1 unspecified atom stereocenters. The molecule has 3 rings (SSSR count). The largest absolute Gasteiger partial charge is 0.384 e. The van der Waals surface area contributed by atoms with Crippen molar-refractivity contribution in [3.05, 3.63) is 40.1 Å². The molecule has 0 fully saturated rings. The zero-order valence-corrected chi connectivity index (χ0v) is 12.9. The minimum absolute atomic E-state index is 0.525. The summed E-state index contributed by atoms with van der Waals surface area (Å²) in [4.78, 5) is 9.79. The Hall–Kier alpha value is -1.17. The van der Waals surface area contributed by atoms with Crippen LogP contribution in [-0.4, -0.2) is 34.7 Å². The van der Waals surface area contributed by atoms with Crippen LogP contribution in [0.5, 0.6) is 0 Å². The Bertz CT molecular complexity index is 563. The minimum Gasteiger partial charge on any atom is -0.384 e. The summed E-state index contributed by atoms with van der Waals surface area (Å²) < 4.78 is 7.64. The number of aromatic nitrogens is 2. The first-order chi connectivity index (χ1) is 9.74. The summed E-state index contributed by atoms with van der Waals surface area (Å²) in [7, 11) is 1.78. The summed E-state index contributed by atoms with van der Waals surface area (Å²) in [5.41, 5.74) is 0. The number of hydrogen-bond donors (Lipinski definition) is 0. The van der Waals surface area contributed by atoms with Gasteiger partial charge in [0.25, 0.3) is 0 Å². The standard InChI is InChI=1S/C15H21N3OS/c1-12-3-4-14(20-12)9-17-7-13(11-19-2)8-18-6-5-16-15(18)10-17/h3-6,13H,7-11H2,1-2H3. The van der Waals surface area contributed by atoms with Gasteiger partial charge in [-0.3, -0.25) is 4.90 Å². The van der Waals surface area contributed by atoms with Crippen molar-refractivity contribution >= 4 is 11.3 Å². The van der Waals surface area contributed by atoms with Gasteiger partial charge < -0.3 is 9.30 Å². The lowest BCUT2D eigenvalue weighted by atomic mass is 10.1. The number of nitrogens with zero attached hydrogens (tertiary/aromatic N) is 3. The molecule has 20 heavy (non-hydrogen) atoms. The van der Waals surface area contributed by atoms with Gasteiger partial charge >= 0.3 is 0 Å². The van der Waals surface area contributed by atoms with E-state index in [1.165, 1.54) is 9.75 Å². The molecule has 0 radical (unpaired) electrons. The third-order valence-corrected chi connectivity index (χ3v) is 4.70. The van der Waals surface area contributed by atoms with Crippen molar-refractivity contribution in [2.75, 3.05) is 20.3 Å². The molecule has 0 aromatic carbocycles. The van der Waals surface area contributed by atoms with Crippen LogP contribution in [0.1, 0.15) is 15.6 Å². The van der Waals surface area contributed by atoms with Gasteiger partial charge in [0.05, 0.1) is 13.2 Å². The molecule has 0 spiro atoms. The second-order valence-corrected chi connectivity index (χ2v) is 6.87. The Kier molecular flexibility index (Phi) is 4.19. The maximum atomic E-state index is 5.37. The van der Waals surface area contributed by atoms with Crippen molar-refractivity contribution in [3.63, 3.8) is 0 Å². The fourth-order valence-corrected chi connectivity index (χ4v) is 3.81. The van der Waals surface area contributed by atoms with E-state index in [0.717, 1.165) is 38.6 Å². The lowest BCUT2D eigenvalue weighted by Crippen LogP contribution is -2.29. The van der Waals surface area contributed by atoms with Crippen LogP contribution in [0, 0.1) is 12.8 Å². The molecule has 3 heterocycles. The number of hydrogen-bond acceptors (Lipinski definition) is 4. The summed E-state index contributed by atoms with van der Waals surface area (Å²) in [6.07, 6.45) is 3.98. The fourth-order valence-electron chi connectivity index (χ4n) is 2.88. The highest BCUT2D eigenvalue weighted by atomic mass is 32.1. The van der Waals surface area contributed by atoms with Gasteiger partial charge in [0.1, 0.15) is 5.82 Å². The molecule has 0 saturated heterocycles. The molecule has 2 aromatic rings. The quantitative estimate of drug-likeness (QED) is 0.867. The molecule has 1 aliphatic heterocycles. The van der Waals surface area contributed by atoms with Crippen molar-refractivity contribution in [3.8, 4) is 0 Å². The summed E-state index contributed by atoms with van der Waals surface area (Å²) in [5.74, 6) is 1.69. The number of imidazole rings is 1. The lowest BCUT2D eigenvalue weighted by molar-refractivity contribution is 0.115. The molecular formula is C15H21N3OS. The summed E-state index contributed by atoms with van der Waals surface area (Å²) in [6.45, 7) is 6.96. The van der Waals surface area contributed by atoms with E-state index in [9.17, 15) is 0 Å². The number of rotatable bonds is 4. The first-order valence-electron chi connectivity index (χ1n) is 7.01. The van der Waals surface area contributed by atoms with Gasteiger partial charge in [-0.2, -0.15) is 0 Å². The van der Waals surface area contributed by atoms with Crippen molar-refractivity contribution in [1.82, 2.24) is 14.5 Å². The summed E-state index contributed by atoms with van der Waals surface area (Å²) in [6, 6.07) is 4.44. The van der Waals surface area contributed by atoms with Crippen molar-refractivity contribution < 1.29 is 4.74 Å². The van der Waals surface area contributed by atoms with E-state index >= 15 is 0 Å². The van der Waals surface area contributed by atoms with Crippen LogP contribution >= 0.6 is 11.3 Å². The second-order valence-electron chi connectivity index (χ2n) is 5.50. The molecule has 0 saturated carbocycles. The summed E-state index contributed by atoms with van der Waals surface area (Å²) >= 11 is 1.89. The van der Waals surface area contributed by atoms with Gasteiger partial charge in [-0.25, -0.2) is 4.98 Å². The summed E-state index contributed by atoms with van der Waals surface area (Å²) in [5, 5.41) is 0. The number of aryl methyl sites for hydroxylation is 1. The predicted molar refractivity (Wildman–Crippen MR) is 80.8 cm³/mol. The molecule has 0 aliphatic carbocycles. The minimum atomic E-state index is 0.525. The fraction of sp³-hybridized carbons (Fsp3) is 0.533. The van der Waals surface area contributed by atoms with Crippen LogP contribution in [0.3, 0.4) is 0 Å². The van der Waals surface area contributed by atoms with E-state index in [0.29, 0.717) is 5.92 Å². The van der Waals surface area contributed by atoms with Crippen LogP contribution in [0.4, 0.5) is 0 Å². The molecule has 1 aliphatic rings. The maximum Gasteiger partial charge on any atom is 0.122 e. The smallest absolute Gasteiger partial charge is 0.122 e. The average Bonchev–Trinajstić information content (AvgIpc) is 2.96. The van der Waals surface area contributed by atoms with E-state index < -0.39 is 0 Å². The second kappa shape index (κ2) is 6.08. The molecule has 0 amide bonds.